The normalized spacial score (nSPS) is 13.1. The molecular formula is C20H21NO5S. The molecule has 2 aromatic carbocycles. The van der Waals surface area contributed by atoms with E-state index in [4.69, 9.17) is 4.74 Å². The summed E-state index contributed by atoms with van der Waals surface area (Å²) in [5, 5.41) is 10.3. The third-order valence-corrected chi connectivity index (χ3v) is 5.06. The number of aliphatic hydroxyl groups is 1. The minimum Gasteiger partial charge on any atom is -0.465 e. The van der Waals surface area contributed by atoms with E-state index in [1.807, 2.05) is 13.0 Å². The molecule has 0 radical (unpaired) electrons. The summed E-state index contributed by atoms with van der Waals surface area (Å²) in [4.78, 5) is 12.2. The number of sulfonamides is 1. The summed E-state index contributed by atoms with van der Waals surface area (Å²) >= 11 is 0. The maximum Gasteiger partial charge on any atom is 0.327 e. The number of carbonyl (C=O) groups is 1. The molecular weight excluding hydrogens is 366 g/mol. The lowest BCUT2D eigenvalue weighted by Gasteiger charge is -2.19. The van der Waals surface area contributed by atoms with Crippen molar-refractivity contribution in [2.75, 3.05) is 6.61 Å². The number of nitrogens with one attached hydrogen (secondary N) is 1. The second-order valence-corrected chi connectivity index (χ2v) is 7.46. The van der Waals surface area contributed by atoms with Crippen molar-refractivity contribution in [3.8, 4) is 11.8 Å². The summed E-state index contributed by atoms with van der Waals surface area (Å²) in [5.74, 6) is 4.31. The first kappa shape index (κ1) is 20.6. The van der Waals surface area contributed by atoms with Crippen molar-refractivity contribution in [2.24, 2.45) is 0 Å². The Labute approximate surface area is 159 Å². The predicted octanol–water partition coefficient (Wildman–Crippen LogP) is 1.62. The minimum atomic E-state index is -4.05. The molecule has 0 amide bonds. The molecule has 0 heterocycles. The van der Waals surface area contributed by atoms with Crippen molar-refractivity contribution >= 4 is 16.0 Å². The molecule has 2 atom stereocenters. The predicted molar refractivity (Wildman–Crippen MR) is 101 cm³/mol. The highest BCUT2D eigenvalue weighted by Gasteiger charge is 2.32. The zero-order valence-electron chi connectivity index (χ0n) is 15.0. The number of ether oxygens (including phenoxy) is 1. The van der Waals surface area contributed by atoms with Crippen LogP contribution in [0.5, 0.6) is 0 Å². The summed E-state index contributed by atoms with van der Waals surface area (Å²) in [6.45, 7) is 3.46. The zero-order valence-corrected chi connectivity index (χ0v) is 15.9. The van der Waals surface area contributed by atoms with E-state index >= 15 is 0 Å². The van der Waals surface area contributed by atoms with Crippen LogP contribution in [0.2, 0.25) is 0 Å². The van der Waals surface area contributed by atoms with Gasteiger partial charge in [0.1, 0.15) is 6.10 Å². The number of carbonyl (C=O) groups excluding carboxylic acids is 1. The van der Waals surface area contributed by atoms with Crippen molar-refractivity contribution in [3.05, 3.63) is 65.7 Å². The van der Waals surface area contributed by atoms with Crippen molar-refractivity contribution < 1.29 is 23.1 Å². The molecule has 0 aliphatic heterocycles. The van der Waals surface area contributed by atoms with Gasteiger partial charge in [0.15, 0.2) is 6.04 Å². The van der Waals surface area contributed by atoms with Crippen LogP contribution in [0.25, 0.3) is 0 Å². The summed E-state index contributed by atoms with van der Waals surface area (Å²) < 4.78 is 32.2. The van der Waals surface area contributed by atoms with Gasteiger partial charge in [0.25, 0.3) is 0 Å². The standard InChI is InChI=1S/C20H21NO5S/c1-3-26-20(23)19(18(22)14-11-16-7-5-4-6-8-16)21-27(24,25)17-12-9-15(2)10-13-17/h4-10,12-13,18-19,21-22H,3H2,1-2H3/t18-,19-/m0/s1. The Kier molecular flexibility index (Phi) is 7.13. The van der Waals surface area contributed by atoms with E-state index in [-0.39, 0.29) is 11.5 Å². The van der Waals surface area contributed by atoms with Gasteiger partial charge in [-0.2, -0.15) is 4.72 Å². The number of hydrogen-bond donors (Lipinski definition) is 2. The van der Waals surface area contributed by atoms with E-state index in [9.17, 15) is 18.3 Å². The number of esters is 1. The average molecular weight is 387 g/mol. The van der Waals surface area contributed by atoms with E-state index in [1.54, 1.807) is 43.3 Å². The van der Waals surface area contributed by atoms with Gasteiger partial charge in [-0.25, -0.2) is 8.42 Å². The first-order valence-electron chi connectivity index (χ1n) is 8.34. The van der Waals surface area contributed by atoms with Gasteiger partial charge < -0.3 is 9.84 Å². The molecule has 0 bridgehead atoms. The van der Waals surface area contributed by atoms with Gasteiger partial charge >= 0.3 is 5.97 Å². The van der Waals surface area contributed by atoms with Gasteiger partial charge in [0.2, 0.25) is 10.0 Å². The molecule has 2 rings (SSSR count). The molecule has 7 heteroatoms. The highest BCUT2D eigenvalue weighted by molar-refractivity contribution is 7.89. The fourth-order valence-electron chi connectivity index (χ4n) is 2.19. The smallest absolute Gasteiger partial charge is 0.327 e. The average Bonchev–Trinajstić information content (AvgIpc) is 2.65. The molecule has 2 aromatic rings. The lowest BCUT2D eigenvalue weighted by molar-refractivity contribution is -0.147. The Morgan fingerprint density at radius 1 is 1.15 bits per heavy atom. The molecule has 0 aliphatic carbocycles. The van der Waals surface area contributed by atoms with E-state index in [1.165, 1.54) is 12.1 Å². The van der Waals surface area contributed by atoms with Crippen molar-refractivity contribution in [1.82, 2.24) is 4.72 Å². The van der Waals surface area contributed by atoms with Crippen LogP contribution in [0.15, 0.2) is 59.5 Å². The molecule has 0 aromatic heterocycles. The number of benzene rings is 2. The molecule has 0 unspecified atom stereocenters. The summed E-state index contributed by atoms with van der Waals surface area (Å²) in [6, 6.07) is 13.4. The summed E-state index contributed by atoms with van der Waals surface area (Å²) in [5.41, 5.74) is 1.52. The van der Waals surface area contributed by atoms with Gasteiger partial charge in [0, 0.05) is 5.56 Å². The van der Waals surface area contributed by atoms with Crippen LogP contribution in [0.4, 0.5) is 0 Å². The highest BCUT2D eigenvalue weighted by atomic mass is 32.2. The highest BCUT2D eigenvalue weighted by Crippen LogP contribution is 2.12. The van der Waals surface area contributed by atoms with Crippen LogP contribution < -0.4 is 4.72 Å². The number of aliphatic hydroxyl groups excluding tert-OH is 1. The molecule has 142 valence electrons. The number of aryl methyl sites for hydroxylation is 1. The molecule has 0 saturated carbocycles. The second-order valence-electron chi connectivity index (χ2n) is 5.74. The largest absolute Gasteiger partial charge is 0.465 e. The maximum atomic E-state index is 12.6. The number of rotatable bonds is 6. The van der Waals surface area contributed by atoms with E-state index in [2.05, 4.69) is 16.6 Å². The Morgan fingerprint density at radius 3 is 2.37 bits per heavy atom. The Morgan fingerprint density at radius 2 is 1.78 bits per heavy atom. The van der Waals surface area contributed by atoms with Gasteiger partial charge in [-0.3, -0.25) is 4.79 Å². The Balaban J connectivity index is 2.27. The van der Waals surface area contributed by atoms with Crippen LogP contribution in [0, 0.1) is 18.8 Å². The first-order valence-corrected chi connectivity index (χ1v) is 9.82. The quantitative estimate of drug-likeness (QED) is 0.580. The van der Waals surface area contributed by atoms with Crippen molar-refractivity contribution in [2.45, 2.75) is 30.9 Å². The lowest BCUT2D eigenvalue weighted by Crippen LogP contribution is -2.49. The van der Waals surface area contributed by atoms with E-state index in [0.717, 1.165) is 5.56 Å². The van der Waals surface area contributed by atoms with Gasteiger partial charge in [0.05, 0.1) is 11.5 Å². The maximum absolute atomic E-state index is 12.6. The summed E-state index contributed by atoms with van der Waals surface area (Å²) in [7, 11) is -4.05. The second kappa shape index (κ2) is 9.33. The van der Waals surface area contributed by atoms with Crippen LogP contribution >= 0.6 is 0 Å². The minimum absolute atomic E-state index is 0.0226. The monoisotopic (exact) mass is 387 g/mol. The summed E-state index contributed by atoms with van der Waals surface area (Å²) in [6.07, 6.45) is -1.58. The van der Waals surface area contributed by atoms with Crippen molar-refractivity contribution in [3.63, 3.8) is 0 Å². The van der Waals surface area contributed by atoms with Crippen LogP contribution in [0.3, 0.4) is 0 Å². The van der Waals surface area contributed by atoms with Crippen molar-refractivity contribution in [1.29, 1.82) is 0 Å². The van der Waals surface area contributed by atoms with Gasteiger partial charge in [-0.05, 0) is 38.1 Å². The molecule has 0 fully saturated rings. The molecule has 2 N–H and O–H groups in total. The molecule has 0 spiro atoms. The number of hydrogen-bond acceptors (Lipinski definition) is 5. The molecule has 0 aliphatic rings. The van der Waals surface area contributed by atoms with E-state index < -0.39 is 28.1 Å². The fourth-order valence-corrected chi connectivity index (χ4v) is 3.38. The molecule has 6 nitrogen and oxygen atoms in total. The SMILES string of the molecule is CCOC(=O)[C@@H](NS(=O)(=O)c1ccc(C)cc1)[C@@H](O)C#Cc1ccccc1. The van der Waals surface area contributed by atoms with E-state index in [0.29, 0.717) is 5.56 Å². The van der Waals surface area contributed by atoms with Crippen LogP contribution in [-0.2, 0) is 19.6 Å². The molecule has 27 heavy (non-hydrogen) atoms. The van der Waals surface area contributed by atoms with Crippen LogP contribution in [-0.4, -0.2) is 38.2 Å². The third-order valence-electron chi connectivity index (χ3n) is 3.61. The topological polar surface area (TPSA) is 92.7 Å². The van der Waals surface area contributed by atoms with Crippen LogP contribution in [0.1, 0.15) is 18.1 Å². The van der Waals surface area contributed by atoms with Gasteiger partial charge in [-0.1, -0.05) is 47.7 Å². The Bertz CT molecular complexity index is 928. The zero-order chi connectivity index (χ0) is 19.9. The molecule has 0 saturated heterocycles. The Hall–Kier alpha value is -2.66. The third kappa shape index (κ3) is 5.93. The van der Waals surface area contributed by atoms with Gasteiger partial charge in [-0.15, -0.1) is 0 Å². The fraction of sp³-hybridized carbons (Fsp3) is 0.250. The first-order chi connectivity index (χ1) is 12.8. The lowest BCUT2D eigenvalue weighted by atomic mass is 10.1.